The molecule has 0 saturated heterocycles. The van der Waals surface area contributed by atoms with Crippen LogP contribution in [0.3, 0.4) is 0 Å². The van der Waals surface area contributed by atoms with Crippen molar-refractivity contribution in [3.8, 4) is 5.75 Å². The van der Waals surface area contributed by atoms with E-state index >= 15 is 0 Å². The lowest BCUT2D eigenvalue weighted by Gasteiger charge is -2.26. The van der Waals surface area contributed by atoms with Gasteiger partial charge in [0.2, 0.25) is 0 Å². The molecule has 0 radical (unpaired) electrons. The van der Waals surface area contributed by atoms with Gasteiger partial charge in [0.1, 0.15) is 18.2 Å². The van der Waals surface area contributed by atoms with Gasteiger partial charge < -0.3 is 4.74 Å². The van der Waals surface area contributed by atoms with Crippen LogP contribution in [0.1, 0.15) is 11.1 Å². The standard InChI is InChI=1S/C18H12F8N2O2/c19-13-7-5-11(6-8-13)10-30-14-4-2-1-3-12(14)9-27-28-15(29)16(20,21)17(22,23)18(24,25)26/h1-9H,10H2,(H,28,29)/b27-9-. The molecule has 0 fully saturated rings. The van der Waals surface area contributed by atoms with Crippen LogP contribution in [0.25, 0.3) is 0 Å². The van der Waals surface area contributed by atoms with Crippen molar-refractivity contribution in [2.24, 2.45) is 5.10 Å². The number of hydrogen-bond donors (Lipinski definition) is 1. The number of nitrogens with zero attached hydrogens (tertiary/aromatic N) is 1. The van der Waals surface area contributed by atoms with E-state index in [0.717, 1.165) is 11.6 Å². The minimum atomic E-state index is -6.64. The fourth-order valence-corrected chi connectivity index (χ4v) is 2.01. The van der Waals surface area contributed by atoms with Gasteiger partial charge in [0.15, 0.2) is 0 Å². The van der Waals surface area contributed by atoms with Crippen LogP contribution >= 0.6 is 0 Å². The predicted octanol–water partition coefficient (Wildman–Crippen LogP) is 4.69. The minimum absolute atomic E-state index is 0.0344. The second-order valence-corrected chi connectivity index (χ2v) is 5.80. The molecule has 30 heavy (non-hydrogen) atoms. The van der Waals surface area contributed by atoms with E-state index in [9.17, 15) is 39.9 Å². The van der Waals surface area contributed by atoms with Gasteiger partial charge in [-0.2, -0.15) is 35.8 Å². The van der Waals surface area contributed by atoms with Crippen LogP contribution < -0.4 is 10.2 Å². The Morgan fingerprint density at radius 1 is 0.967 bits per heavy atom. The molecule has 12 heteroatoms. The first-order valence-electron chi connectivity index (χ1n) is 7.98. The Balaban J connectivity index is 2.08. The maximum Gasteiger partial charge on any atom is 0.460 e. The van der Waals surface area contributed by atoms with Gasteiger partial charge in [0.05, 0.1) is 6.21 Å². The molecule has 0 spiro atoms. The lowest BCUT2D eigenvalue weighted by Crippen LogP contribution is -2.58. The molecule has 0 aliphatic carbocycles. The summed E-state index contributed by atoms with van der Waals surface area (Å²) in [6.45, 7) is -0.0344. The summed E-state index contributed by atoms with van der Waals surface area (Å²) in [7, 11) is 0. The van der Waals surface area contributed by atoms with Gasteiger partial charge in [-0.1, -0.05) is 24.3 Å². The summed E-state index contributed by atoms with van der Waals surface area (Å²) < 4.78 is 107. The number of alkyl halides is 7. The van der Waals surface area contributed by atoms with Gasteiger partial charge in [0.25, 0.3) is 0 Å². The number of benzene rings is 2. The largest absolute Gasteiger partial charge is 0.488 e. The lowest BCUT2D eigenvalue weighted by molar-refractivity contribution is -0.344. The van der Waals surface area contributed by atoms with Crippen molar-refractivity contribution in [2.75, 3.05) is 0 Å². The van der Waals surface area contributed by atoms with Gasteiger partial charge in [-0.05, 0) is 29.8 Å². The van der Waals surface area contributed by atoms with Crippen LogP contribution in [0.2, 0.25) is 0 Å². The van der Waals surface area contributed by atoms with Crippen LogP contribution in [-0.4, -0.2) is 30.1 Å². The van der Waals surface area contributed by atoms with Crippen molar-refractivity contribution < 1.29 is 44.7 Å². The first-order chi connectivity index (χ1) is 13.9. The molecule has 2 rings (SSSR count). The van der Waals surface area contributed by atoms with Crippen molar-refractivity contribution in [1.82, 2.24) is 5.43 Å². The molecule has 0 saturated carbocycles. The third kappa shape index (κ3) is 5.05. The van der Waals surface area contributed by atoms with E-state index < -0.39 is 29.7 Å². The Bertz CT molecular complexity index is 911. The van der Waals surface area contributed by atoms with E-state index in [-0.39, 0.29) is 17.9 Å². The van der Waals surface area contributed by atoms with Gasteiger partial charge >= 0.3 is 23.9 Å². The Hall–Kier alpha value is -3.18. The van der Waals surface area contributed by atoms with Crippen molar-refractivity contribution in [2.45, 2.75) is 24.6 Å². The van der Waals surface area contributed by atoms with Crippen molar-refractivity contribution in [1.29, 1.82) is 0 Å². The van der Waals surface area contributed by atoms with Crippen molar-refractivity contribution >= 4 is 12.1 Å². The number of para-hydroxylation sites is 1. The van der Waals surface area contributed by atoms with E-state index in [0.29, 0.717) is 5.56 Å². The van der Waals surface area contributed by atoms with Crippen LogP contribution in [0.4, 0.5) is 35.1 Å². The number of hydrazone groups is 1. The second kappa shape index (κ2) is 8.67. The van der Waals surface area contributed by atoms with Gasteiger partial charge in [0, 0.05) is 5.56 Å². The Kier molecular flexibility index (Phi) is 6.68. The SMILES string of the molecule is O=C(N/N=C\c1ccccc1OCc1ccc(F)cc1)C(F)(F)C(F)(F)C(F)(F)F. The molecule has 162 valence electrons. The molecule has 0 aromatic heterocycles. The topological polar surface area (TPSA) is 50.7 Å². The fourth-order valence-electron chi connectivity index (χ4n) is 2.01. The maximum absolute atomic E-state index is 13.2. The van der Waals surface area contributed by atoms with E-state index in [2.05, 4.69) is 5.10 Å². The minimum Gasteiger partial charge on any atom is -0.488 e. The highest BCUT2D eigenvalue weighted by atomic mass is 19.4. The van der Waals surface area contributed by atoms with Gasteiger partial charge in [-0.25, -0.2) is 9.82 Å². The highest BCUT2D eigenvalue weighted by Gasteiger charge is 2.76. The third-order valence-electron chi connectivity index (χ3n) is 3.63. The molecule has 0 aliphatic heterocycles. The van der Waals surface area contributed by atoms with Crippen molar-refractivity contribution in [3.63, 3.8) is 0 Å². The summed E-state index contributed by atoms with van der Waals surface area (Å²) >= 11 is 0. The van der Waals surface area contributed by atoms with E-state index in [1.807, 2.05) is 0 Å². The summed E-state index contributed by atoms with van der Waals surface area (Å²) in [5.41, 5.74) is 1.62. The molecule has 2 aromatic rings. The first-order valence-corrected chi connectivity index (χ1v) is 7.98. The summed E-state index contributed by atoms with van der Waals surface area (Å²) in [6.07, 6.45) is -5.92. The second-order valence-electron chi connectivity index (χ2n) is 5.80. The average Bonchev–Trinajstić information content (AvgIpc) is 2.67. The molecule has 2 aromatic carbocycles. The molecule has 0 bridgehead atoms. The lowest BCUT2D eigenvalue weighted by atomic mass is 10.1. The number of rotatable bonds is 7. The van der Waals surface area contributed by atoms with E-state index in [1.54, 1.807) is 0 Å². The first kappa shape index (κ1) is 23.1. The zero-order chi connectivity index (χ0) is 22.6. The predicted molar refractivity (Wildman–Crippen MR) is 88.9 cm³/mol. The molecule has 1 N–H and O–H groups in total. The zero-order valence-corrected chi connectivity index (χ0v) is 14.7. The number of nitrogens with one attached hydrogen (secondary N) is 1. The average molecular weight is 440 g/mol. The molecule has 0 aliphatic rings. The highest BCUT2D eigenvalue weighted by molar-refractivity contribution is 5.88. The van der Waals surface area contributed by atoms with Crippen LogP contribution in [0, 0.1) is 5.82 Å². The third-order valence-corrected chi connectivity index (χ3v) is 3.63. The summed E-state index contributed by atoms with van der Waals surface area (Å²) in [5.74, 6) is -16.0. The van der Waals surface area contributed by atoms with Gasteiger partial charge in [-0.15, -0.1) is 0 Å². The van der Waals surface area contributed by atoms with Gasteiger partial charge in [-0.3, -0.25) is 4.79 Å². The molecular weight excluding hydrogens is 428 g/mol. The number of carbonyl (C=O) groups excluding carboxylic acids is 1. The number of hydrogen-bond acceptors (Lipinski definition) is 3. The summed E-state index contributed by atoms with van der Waals surface area (Å²) in [4.78, 5) is 11.2. The van der Waals surface area contributed by atoms with Crippen LogP contribution in [0.15, 0.2) is 53.6 Å². The smallest absolute Gasteiger partial charge is 0.460 e. The normalized spacial score (nSPS) is 12.8. The molecule has 1 amide bonds. The molecule has 4 nitrogen and oxygen atoms in total. The van der Waals surface area contributed by atoms with E-state index in [1.165, 1.54) is 48.5 Å². The van der Waals surface area contributed by atoms with E-state index in [4.69, 9.17) is 4.74 Å². The Labute approximate surface area is 164 Å². The molecular formula is C18H12F8N2O2. The monoisotopic (exact) mass is 440 g/mol. The Morgan fingerprint density at radius 3 is 2.17 bits per heavy atom. The summed E-state index contributed by atoms with van der Waals surface area (Å²) in [5, 5.41) is 3.00. The van der Waals surface area contributed by atoms with Crippen LogP contribution in [-0.2, 0) is 11.4 Å². The fraction of sp³-hybridized carbons (Fsp3) is 0.222. The highest BCUT2D eigenvalue weighted by Crippen LogP contribution is 2.46. The number of carbonyl (C=O) groups is 1. The quantitative estimate of drug-likeness (QED) is 0.386. The molecule has 0 heterocycles. The Morgan fingerprint density at radius 2 is 1.57 bits per heavy atom. The molecule has 0 unspecified atom stereocenters. The van der Waals surface area contributed by atoms with Crippen LogP contribution in [0.5, 0.6) is 5.75 Å². The molecule has 0 atom stereocenters. The number of halogens is 8. The number of amides is 1. The summed E-state index contributed by atoms with van der Waals surface area (Å²) in [6, 6.07) is 11.0. The maximum atomic E-state index is 13.2. The zero-order valence-electron chi connectivity index (χ0n) is 14.7. The van der Waals surface area contributed by atoms with Crippen molar-refractivity contribution in [3.05, 3.63) is 65.5 Å². The number of ether oxygens (including phenoxy) is 1.